The Morgan fingerprint density at radius 1 is 1.29 bits per heavy atom. The Kier molecular flexibility index (Phi) is 6.12. The number of nitrogens with one attached hydrogen (secondary N) is 2. The number of nitrogens with two attached hydrogens (primary N) is 1. The number of amides is 2. The van der Waals surface area contributed by atoms with Crippen LogP contribution in [0.1, 0.15) is 16.8 Å². The van der Waals surface area contributed by atoms with Gasteiger partial charge < -0.3 is 15.7 Å². The van der Waals surface area contributed by atoms with E-state index < -0.39 is 22.0 Å². The molecule has 0 saturated carbocycles. The fraction of sp³-hybridized carbons (Fsp3) is 0.273. The minimum atomic E-state index is -3.54. The number of primary sulfonamides is 1. The van der Waals surface area contributed by atoms with E-state index in [1.165, 1.54) is 18.2 Å². The van der Waals surface area contributed by atoms with Crippen LogP contribution in [0.15, 0.2) is 22.7 Å². The van der Waals surface area contributed by atoms with E-state index in [9.17, 15) is 18.0 Å². The molecule has 0 aromatic heterocycles. The molecule has 2 amide bonds. The molecule has 0 aliphatic heterocycles. The van der Waals surface area contributed by atoms with Crippen molar-refractivity contribution >= 4 is 43.6 Å². The maximum absolute atomic E-state index is 11.6. The molecule has 8 nitrogen and oxygen atoms in total. The van der Waals surface area contributed by atoms with Gasteiger partial charge in [0.05, 0.1) is 11.3 Å². The predicted molar refractivity (Wildman–Crippen MR) is 80.7 cm³/mol. The molecule has 0 aliphatic rings. The van der Waals surface area contributed by atoms with Gasteiger partial charge in [0.1, 0.15) is 0 Å². The Balaban J connectivity index is 2.53. The number of hydrogen-bond acceptors (Lipinski definition) is 4. The Morgan fingerprint density at radius 2 is 1.95 bits per heavy atom. The summed E-state index contributed by atoms with van der Waals surface area (Å²) >= 11 is 3.14. The van der Waals surface area contributed by atoms with Crippen molar-refractivity contribution in [3.8, 4) is 0 Å². The van der Waals surface area contributed by atoms with Gasteiger partial charge in [-0.05, 0) is 24.6 Å². The molecular formula is C11H14BrN3O5S. The summed E-state index contributed by atoms with van der Waals surface area (Å²) in [6, 6.07) is 3.67. The number of rotatable bonds is 6. The van der Waals surface area contributed by atoms with Gasteiger partial charge in [0.25, 0.3) is 0 Å². The summed E-state index contributed by atoms with van der Waals surface area (Å²) in [4.78, 5) is 22.4. The maximum atomic E-state index is 11.6. The summed E-state index contributed by atoms with van der Waals surface area (Å²) < 4.78 is 21.9. The highest BCUT2D eigenvalue weighted by Crippen LogP contribution is 2.19. The fourth-order valence-electron chi connectivity index (χ4n) is 1.44. The summed E-state index contributed by atoms with van der Waals surface area (Å²) in [7, 11) is -3.54. The van der Waals surface area contributed by atoms with Crippen LogP contribution in [0.5, 0.6) is 0 Å². The minimum Gasteiger partial charge on any atom is -0.478 e. The number of hydrogen-bond donors (Lipinski definition) is 4. The third-order valence-corrected chi connectivity index (χ3v) is 3.61. The van der Waals surface area contributed by atoms with Crippen molar-refractivity contribution in [1.82, 2.24) is 5.32 Å². The average Bonchev–Trinajstić information content (AvgIpc) is 2.32. The normalized spacial score (nSPS) is 11.0. The minimum absolute atomic E-state index is 0.0221. The number of carboxylic acid groups (broad SMARTS) is 1. The zero-order valence-electron chi connectivity index (χ0n) is 10.8. The van der Waals surface area contributed by atoms with Crippen molar-refractivity contribution < 1.29 is 23.1 Å². The molecule has 21 heavy (non-hydrogen) atoms. The number of urea groups is 1. The molecule has 5 N–H and O–H groups in total. The molecule has 1 aromatic carbocycles. The molecule has 116 valence electrons. The molecule has 10 heteroatoms. The zero-order valence-corrected chi connectivity index (χ0v) is 13.2. The summed E-state index contributed by atoms with van der Waals surface area (Å²) in [5.74, 6) is -1.35. The van der Waals surface area contributed by atoms with E-state index >= 15 is 0 Å². The van der Waals surface area contributed by atoms with Gasteiger partial charge >= 0.3 is 12.0 Å². The first-order valence-electron chi connectivity index (χ1n) is 5.76. The first-order valence-corrected chi connectivity index (χ1v) is 8.27. The first kappa shape index (κ1) is 17.4. The zero-order chi connectivity index (χ0) is 16.0. The standard InChI is InChI=1S/C11H14BrN3O5S/c12-8-4-7(10(16)17)5-9(6-8)15-11(18)14-2-1-3-21(13,19)20/h4-6H,1-3H2,(H,16,17)(H2,13,19,20)(H2,14,15,18). The molecule has 0 unspecified atom stereocenters. The van der Waals surface area contributed by atoms with Gasteiger partial charge in [-0.15, -0.1) is 0 Å². The third kappa shape index (κ3) is 7.06. The monoisotopic (exact) mass is 379 g/mol. The van der Waals surface area contributed by atoms with Gasteiger partial charge in [-0.25, -0.2) is 23.1 Å². The molecule has 0 atom stereocenters. The van der Waals surface area contributed by atoms with Crippen molar-refractivity contribution in [2.45, 2.75) is 6.42 Å². The Bertz CT molecular complexity index is 647. The molecule has 0 spiro atoms. The van der Waals surface area contributed by atoms with Crippen molar-refractivity contribution in [2.75, 3.05) is 17.6 Å². The predicted octanol–water partition coefficient (Wildman–Crippen LogP) is 0.947. The SMILES string of the molecule is NS(=O)(=O)CCCNC(=O)Nc1cc(Br)cc(C(=O)O)c1. The maximum Gasteiger partial charge on any atom is 0.335 e. The lowest BCUT2D eigenvalue weighted by molar-refractivity contribution is 0.0696. The van der Waals surface area contributed by atoms with Crippen molar-refractivity contribution in [3.05, 3.63) is 28.2 Å². The highest BCUT2D eigenvalue weighted by atomic mass is 79.9. The second-order valence-corrected chi connectivity index (χ2v) is 6.78. The Labute approximate surface area is 129 Å². The van der Waals surface area contributed by atoms with Crippen LogP contribution in [-0.2, 0) is 10.0 Å². The number of carbonyl (C=O) groups is 2. The van der Waals surface area contributed by atoms with Gasteiger partial charge in [0.2, 0.25) is 10.0 Å². The van der Waals surface area contributed by atoms with Crippen molar-refractivity contribution in [1.29, 1.82) is 0 Å². The van der Waals surface area contributed by atoms with E-state index in [0.717, 1.165) is 0 Å². The van der Waals surface area contributed by atoms with Gasteiger partial charge in [-0.2, -0.15) is 0 Å². The van der Waals surface area contributed by atoms with Crippen LogP contribution in [0.3, 0.4) is 0 Å². The quantitative estimate of drug-likeness (QED) is 0.544. The average molecular weight is 380 g/mol. The van der Waals surface area contributed by atoms with E-state index in [4.69, 9.17) is 10.2 Å². The van der Waals surface area contributed by atoms with E-state index in [1.54, 1.807) is 0 Å². The smallest absolute Gasteiger partial charge is 0.335 e. The van der Waals surface area contributed by atoms with Crippen molar-refractivity contribution in [3.63, 3.8) is 0 Å². The van der Waals surface area contributed by atoms with Gasteiger partial charge in [-0.1, -0.05) is 15.9 Å². The number of carboxylic acids is 1. The molecule has 1 rings (SSSR count). The third-order valence-electron chi connectivity index (χ3n) is 2.29. The molecular weight excluding hydrogens is 366 g/mol. The van der Waals surface area contributed by atoms with Gasteiger partial charge in [0.15, 0.2) is 0 Å². The number of aromatic carboxylic acids is 1. The van der Waals surface area contributed by atoms with Crippen LogP contribution < -0.4 is 15.8 Å². The molecule has 0 fully saturated rings. The lowest BCUT2D eigenvalue weighted by Crippen LogP contribution is -2.31. The molecule has 1 aromatic rings. The van der Waals surface area contributed by atoms with Gasteiger partial charge in [-0.3, -0.25) is 0 Å². The number of sulfonamides is 1. The summed E-state index contributed by atoms with van der Waals surface area (Å²) in [5.41, 5.74) is 0.319. The number of benzene rings is 1. The highest BCUT2D eigenvalue weighted by Gasteiger charge is 2.08. The Hall–Kier alpha value is -1.65. The molecule has 0 saturated heterocycles. The highest BCUT2D eigenvalue weighted by molar-refractivity contribution is 9.10. The lowest BCUT2D eigenvalue weighted by atomic mass is 10.2. The summed E-state index contributed by atoms with van der Waals surface area (Å²) in [6.07, 6.45) is 0.186. The molecule has 0 radical (unpaired) electrons. The second-order valence-electron chi connectivity index (χ2n) is 4.14. The van der Waals surface area contributed by atoms with Crippen LogP contribution >= 0.6 is 15.9 Å². The lowest BCUT2D eigenvalue weighted by Gasteiger charge is -2.08. The van der Waals surface area contributed by atoms with E-state index in [1.807, 2.05) is 0 Å². The summed E-state index contributed by atoms with van der Waals surface area (Å²) in [6.45, 7) is 0.127. The van der Waals surface area contributed by atoms with Crippen LogP contribution in [0.4, 0.5) is 10.5 Å². The fourth-order valence-corrected chi connectivity index (χ4v) is 2.48. The first-order chi connectivity index (χ1) is 9.67. The van der Waals surface area contributed by atoms with Crippen LogP contribution in [-0.4, -0.2) is 37.8 Å². The van der Waals surface area contributed by atoms with Crippen LogP contribution in [0.25, 0.3) is 0 Å². The number of carbonyl (C=O) groups excluding carboxylic acids is 1. The Morgan fingerprint density at radius 3 is 2.52 bits per heavy atom. The molecule has 0 bridgehead atoms. The van der Waals surface area contributed by atoms with Gasteiger partial charge in [0, 0.05) is 16.7 Å². The second kappa shape index (κ2) is 7.38. The van der Waals surface area contributed by atoms with E-state index in [-0.39, 0.29) is 24.3 Å². The van der Waals surface area contributed by atoms with Crippen LogP contribution in [0.2, 0.25) is 0 Å². The topological polar surface area (TPSA) is 139 Å². The molecule has 0 heterocycles. The van der Waals surface area contributed by atoms with Crippen molar-refractivity contribution in [2.24, 2.45) is 5.14 Å². The van der Waals surface area contributed by atoms with E-state index in [0.29, 0.717) is 10.2 Å². The summed E-state index contributed by atoms with van der Waals surface area (Å²) in [5, 5.41) is 18.6. The number of anilines is 1. The molecule has 0 aliphatic carbocycles. The van der Waals surface area contributed by atoms with Crippen LogP contribution in [0, 0.1) is 0 Å². The largest absolute Gasteiger partial charge is 0.478 e. The van der Waals surface area contributed by atoms with E-state index in [2.05, 4.69) is 26.6 Å². The number of halogens is 1.